The summed E-state index contributed by atoms with van der Waals surface area (Å²) in [6.45, 7) is 2.28. The van der Waals surface area contributed by atoms with Crippen LogP contribution in [0.1, 0.15) is 110 Å². The van der Waals surface area contributed by atoms with E-state index in [2.05, 4.69) is 11.3 Å². The van der Waals surface area contributed by atoms with Crippen molar-refractivity contribution in [3.8, 4) is 0 Å². The van der Waals surface area contributed by atoms with Gasteiger partial charge in [0.25, 0.3) is 0 Å². The van der Waals surface area contributed by atoms with E-state index < -0.39 is 0 Å². The molecule has 0 aromatic rings. The standard InChI is InChI=1S/C19H37NOS/c1-2-3-4-5-6-7-8-9-10-11-12-13-14-15-16-17-18-22-20-19-21/h2-18H2,1H3. The van der Waals surface area contributed by atoms with Gasteiger partial charge in [-0.2, -0.15) is 0 Å². The Balaban J connectivity index is 2.95. The molecule has 0 fully saturated rings. The van der Waals surface area contributed by atoms with Crippen molar-refractivity contribution in [2.45, 2.75) is 110 Å². The molecule has 0 aromatic carbocycles. The van der Waals surface area contributed by atoms with Crippen LogP contribution in [0.5, 0.6) is 0 Å². The molecule has 0 atom stereocenters. The van der Waals surface area contributed by atoms with E-state index in [-0.39, 0.29) is 0 Å². The van der Waals surface area contributed by atoms with Crippen molar-refractivity contribution in [3.05, 3.63) is 0 Å². The van der Waals surface area contributed by atoms with E-state index in [1.54, 1.807) is 6.08 Å². The summed E-state index contributed by atoms with van der Waals surface area (Å²) in [4.78, 5) is 9.86. The Kier molecular flexibility index (Phi) is 20.5. The molecule has 0 N–H and O–H groups in total. The first-order chi connectivity index (χ1) is 10.9. The molecule has 0 aliphatic rings. The van der Waals surface area contributed by atoms with E-state index in [0.717, 1.165) is 5.75 Å². The summed E-state index contributed by atoms with van der Waals surface area (Å²) in [6.07, 6.45) is 23.9. The fraction of sp³-hybridized carbons (Fsp3) is 0.947. The van der Waals surface area contributed by atoms with E-state index in [0.29, 0.717) is 0 Å². The van der Waals surface area contributed by atoms with Gasteiger partial charge >= 0.3 is 0 Å². The average Bonchev–Trinajstić information content (AvgIpc) is 2.54. The minimum atomic E-state index is 0.966. The van der Waals surface area contributed by atoms with Gasteiger partial charge in [-0.25, -0.2) is 4.79 Å². The smallest absolute Gasteiger partial charge is 0.210 e. The molecule has 0 bridgehead atoms. The molecule has 0 rings (SSSR count). The maximum absolute atomic E-state index is 9.86. The Morgan fingerprint density at radius 3 is 1.36 bits per heavy atom. The highest BCUT2D eigenvalue weighted by Gasteiger charge is 1.94. The van der Waals surface area contributed by atoms with Crippen LogP contribution in [0.25, 0.3) is 0 Å². The Morgan fingerprint density at radius 1 is 0.636 bits per heavy atom. The lowest BCUT2D eigenvalue weighted by molar-refractivity contribution is 0.531. The maximum Gasteiger partial charge on any atom is 0.247 e. The molecule has 0 aromatic heterocycles. The molecule has 0 aliphatic heterocycles. The highest BCUT2D eigenvalue weighted by molar-refractivity contribution is 7.98. The van der Waals surface area contributed by atoms with Gasteiger partial charge in [0.05, 0.1) is 0 Å². The predicted octanol–water partition coefficient (Wildman–Crippen LogP) is 7.23. The molecule has 0 saturated carbocycles. The second-order valence-electron chi connectivity index (χ2n) is 6.32. The van der Waals surface area contributed by atoms with Crippen molar-refractivity contribution < 1.29 is 4.79 Å². The van der Waals surface area contributed by atoms with Crippen LogP contribution >= 0.6 is 11.9 Å². The Bertz CT molecular complexity index is 252. The molecule has 0 radical (unpaired) electrons. The molecule has 3 heteroatoms. The summed E-state index contributed by atoms with van der Waals surface area (Å²) < 4.78 is 3.49. The number of unbranched alkanes of at least 4 members (excludes halogenated alkanes) is 15. The third kappa shape index (κ3) is 19.7. The molecule has 0 saturated heterocycles. The third-order valence-electron chi connectivity index (χ3n) is 4.19. The zero-order chi connectivity index (χ0) is 16.1. The third-order valence-corrected chi connectivity index (χ3v) is 4.87. The van der Waals surface area contributed by atoms with Gasteiger partial charge in [0.2, 0.25) is 6.08 Å². The first-order valence-corrected chi connectivity index (χ1v) is 10.5. The number of isocyanates is 1. The van der Waals surface area contributed by atoms with Crippen molar-refractivity contribution in [2.75, 3.05) is 5.75 Å². The van der Waals surface area contributed by atoms with Crippen LogP contribution in [-0.2, 0) is 4.79 Å². The SMILES string of the molecule is CCCCCCCCCCCCCCCCCCSN=C=O. The zero-order valence-electron chi connectivity index (χ0n) is 14.8. The van der Waals surface area contributed by atoms with E-state index in [4.69, 9.17) is 0 Å². The molecule has 0 amide bonds. The van der Waals surface area contributed by atoms with Gasteiger partial charge in [0, 0.05) is 5.75 Å². The number of hydrogen-bond acceptors (Lipinski definition) is 3. The number of hydrogen-bond donors (Lipinski definition) is 0. The van der Waals surface area contributed by atoms with Gasteiger partial charge in [0.15, 0.2) is 0 Å². The van der Waals surface area contributed by atoms with Crippen LogP contribution < -0.4 is 0 Å². The highest BCUT2D eigenvalue weighted by Crippen LogP contribution is 2.14. The van der Waals surface area contributed by atoms with Gasteiger partial charge in [-0.1, -0.05) is 103 Å². The average molecular weight is 328 g/mol. The zero-order valence-corrected chi connectivity index (χ0v) is 15.6. The summed E-state index contributed by atoms with van der Waals surface area (Å²) >= 11 is 1.34. The minimum Gasteiger partial charge on any atom is -0.210 e. The first kappa shape index (κ1) is 21.7. The maximum atomic E-state index is 9.86. The van der Waals surface area contributed by atoms with Gasteiger partial charge in [-0.05, 0) is 18.4 Å². The number of rotatable bonds is 18. The number of nitrogens with zero attached hydrogens (tertiary/aromatic N) is 1. The second-order valence-corrected chi connectivity index (χ2v) is 7.17. The summed E-state index contributed by atoms with van der Waals surface area (Å²) in [7, 11) is 0. The summed E-state index contributed by atoms with van der Waals surface area (Å²) in [5, 5.41) is 0. The lowest BCUT2D eigenvalue weighted by atomic mass is 10.0. The molecular weight excluding hydrogens is 290 g/mol. The van der Waals surface area contributed by atoms with E-state index in [1.807, 2.05) is 0 Å². The molecule has 2 nitrogen and oxygen atoms in total. The molecule has 0 aliphatic carbocycles. The minimum absolute atomic E-state index is 0.966. The van der Waals surface area contributed by atoms with Crippen LogP contribution in [0.3, 0.4) is 0 Å². The van der Waals surface area contributed by atoms with Crippen LogP contribution in [0.2, 0.25) is 0 Å². The normalized spacial score (nSPS) is 10.6. The van der Waals surface area contributed by atoms with E-state index in [1.165, 1.54) is 115 Å². The Labute approximate surface area is 143 Å². The van der Waals surface area contributed by atoms with Crippen LogP contribution in [0.15, 0.2) is 4.40 Å². The monoisotopic (exact) mass is 327 g/mol. The van der Waals surface area contributed by atoms with Gasteiger partial charge in [0.1, 0.15) is 0 Å². The van der Waals surface area contributed by atoms with Crippen LogP contribution in [-0.4, -0.2) is 11.8 Å². The molecular formula is C19H37NOS. The second kappa shape index (κ2) is 20.7. The largest absolute Gasteiger partial charge is 0.247 e. The van der Waals surface area contributed by atoms with Gasteiger partial charge in [-0.3, -0.25) is 0 Å². The van der Waals surface area contributed by atoms with Gasteiger partial charge in [-0.15, -0.1) is 4.40 Å². The molecule has 0 spiro atoms. The van der Waals surface area contributed by atoms with Crippen molar-refractivity contribution in [2.24, 2.45) is 4.40 Å². The fourth-order valence-electron chi connectivity index (χ4n) is 2.79. The fourth-order valence-corrected chi connectivity index (χ4v) is 3.26. The van der Waals surface area contributed by atoms with E-state index in [9.17, 15) is 4.79 Å². The number of carbonyl (C=O) groups excluding carboxylic acids is 1. The molecule has 130 valence electrons. The predicted molar refractivity (Wildman–Crippen MR) is 100 cm³/mol. The van der Waals surface area contributed by atoms with Crippen LogP contribution in [0.4, 0.5) is 0 Å². The Hall–Kier alpha value is -0.270. The van der Waals surface area contributed by atoms with Crippen molar-refractivity contribution >= 4 is 18.0 Å². The van der Waals surface area contributed by atoms with Crippen LogP contribution in [0, 0.1) is 0 Å². The highest BCUT2D eigenvalue weighted by atomic mass is 32.2. The van der Waals surface area contributed by atoms with Crippen molar-refractivity contribution in [3.63, 3.8) is 0 Å². The summed E-state index contributed by atoms with van der Waals surface area (Å²) in [5.74, 6) is 0.966. The molecule has 22 heavy (non-hydrogen) atoms. The lowest BCUT2D eigenvalue weighted by Crippen LogP contribution is -1.84. The molecule has 0 heterocycles. The summed E-state index contributed by atoms with van der Waals surface area (Å²) in [6, 6.07) is 0. The van der Waals surface area contributed by atoms with Crippen molar-refractivity contribution in [1.82, 2.24) is 0 Å². The first-order valence-electron chi connectivity index (χ1n) is 9.61. The van der Waals surface area contributed by atoms with Gasteiger partial charge < -0.3 is 0 Å². The molecule has 0 unspecified atom stereocenters. The van der Waals surface area contributed by atoms with Crippen molar-refractivity contribution in [1.29, 1.82) is 0 Å². The summed E-state index contributed by atoms with van der Waals surface area (Å²) in [5.41, 5.74) is 0. The Morgan fingerprint density at radius 2 is 1.00 bits per heavy atom. The van der Waals surface area contributed by atoms with E-state index >= 15 is 0 Å². The topological polar surface area (TPSA) is 29.4 Å². The quantitative estimate of drug-likeness (QED) is 0.115. The lowest BCUT2D eigenvalue weighted by Gasteiger charge is -2.03.